The largest absolute Gasteiger partial charge is 0.349 e. The van der Waals surface area contributed by atoms with E-state index in [9.17, 15) is 9.59 Å². The zero-order chi connectivity index (χ0) is 16.8. The third-order valence-electron chi connectivity index (χ3n) is 3.50. The van der Waals surface area contributed by atoms with E-state index in [-0.39, 0.29) is 24.6 Å². The molecular formula is C16H22N4O2S. The van der Waals surface area contributed by atoms with Gasteiger partial charge in [0.2, 0.25) is 5.91 Å². The molecule has 0 unspecified atom stereocenters. The summed E-state index contributed by atoms with van der Waals surface area (Å²) in [6, 6.07) is 3.54. The first-order valence-electron chi connectivity index (χ1n) is 7.59. The molecule has 7 heteroatoms. The van der Waals surface area contributed by atoms with Crippen molar-refractivity contribution in [1.82, 2.24) is 15.3 Å². The molecule has 2 aromatic rings. The summed E-state index contributed by atoms with van der Waals surface area (Å²) in [5.41, 5.74) is 7.06. The molecule has 0 radical (unpaired) electrons. The second kappa shape index (κ2) is 8.03. The maximum absolute atomic E-state index is 11.9. The minimum absolute atomic E-state index is 0.0459. The van der Waals surface area contributed by atoms with Crippen LogP contribution in [0.15, 0.2) is 16.9 Å². The summed E-state index contributed by atoms with van der Waals surface area (Å²) < 4.78 is 0. The third-order valence-corrected chi connectivity index (χ3v) is 4.51. The van der Waals surface area contributed by atoms with Crippen LogP contribution in [0.3, 0.4) is 0 Å². The fourth-order valence-corrected chi connectivity index (χ4v) is 3.37. The fourth-order valence-electron chi connectivity index (χ4n) is 2.39. The van der Waals surface area contributed by atoms with Crippen molar-refractivity contribution in [3.05, 3.63) is 49.3 Å². The Morgan fingerprint density at radius 1 is 1.39 bits per heavy atom. The Hall–Kier alpha value is -1.99. The molecule has 2 heterocycles. The maximum atomic E-state index is 11.9. The second-order valence-corrected chi connectivity index (χ2v) is 6.92. The number of amides is 1. The molecule has 0 aromatic carbocycles. The molecule has 124 valence electrons. The van der Waals surface area contributed by atoms with Gasteiger partial charge in [-0.15, -0.1) is 11.3 Å². The van der Waals surface area contributed by atoms with Crippen molar-refractivity contribution in [2.75, 3.05) is 0 Å². The average molecular weight is 334 g/mol. The number of aromatic amines is 1. The van der Waals surface area contributed by atoms with Crippen molar-refractivity contribution in [3.63, 3.8) is 0 Å². The Bertz CT molecular complexity index is 736. The van der Waals surface area contributed by atoms with Gasteiger partial charge in [-0.1, -0.05) is 0 Å². The van der Waals surface area contributed by atoms with E-state index in [0.717, 1.165) is 12.8 Å². The number of aryl methyl sites for hydroxylation is 3. The summed E-state index contributed by atoms with van der Waals surface area (Å²) >= 11 is 1.79. The van der Waals surface area contributed by atoms with Gasteiger partial charge in [-0.3, -0.25) is 9.59 Å². The molecule has 0 saturated heterocycles. The number of carbonyl (C=O) groups is 1. The smallest absolute Gasteiger partial charge is 0.251 e. The Morgan fingerprint density at radius 2 is 2.17 bits per heavy atom. The number of carbonyl (C=O) groups excluding carboxylic acids is 1. The molecule has 2 aromatic heterocycles. The van der Waals surface area contributed by atoms with Gasteiger partial charge in [-0.25, -0.2) is 4.98 Å². The van der Waals surface area contributed by atoms with Gasteiger partial charge in [0.15, 0.2) is 0 Å². The molecule has 0 aliphatic rings. The first kappa shape index (κ1) is 17.4. The minimum Gasteiger partial charge on any atom is -0.349 e. The molecule has 1 amide bonds. The Kier molecular flexibility index (Phi) is 6.06. The Morgan fingerprint density at radius 3 is 2.83 bits per heavy atom. The Balaban J connectivity index is 1.78. The quantitative estimate of drug-likeness (QED) is 0.715. The summed E-state index contributed by atoms with van der Waals surface area (Å²) in [5.74, 6) is 0.381. The predicted octanol–water partition coefficient (Wildman–Crippen LogP) is 1.55. The van der Waals surface area contributed by atoms with Gasteiger partial charge < -0.3 is 16.0 Å². The number of nitrogens with two attached hydrogens (primary N) is 1. The number of aromatic nitrogens is 2. The molecule has 6 nitrogen and oxygen atoms in total. The molecule has 0 bridgehead atoms. The molecule has 0 aliphatic heterocycles. The molecule has 4 N–H and O–H groups in total. The normalized spacial score (nSPS) is 10.7. The van der Waals surface area contributed by atoms with Gasteiger partial charge in [-0.2, -0.15) is 0 Å². The lowest BCUT2D eigenvalue weighted by Gasteiger charge is -2.06. The summed E-state index contributed by atoms with van der Waals surface area (Å²) in [6.45, 7) is 4.61. The van der Waals surface area contributed by atoms with Crippen molar-refractivity contribution >= 4 is 17.2 Å². The zero-order valence-electron chi connectivity index (χ0n) is 13.4. The Labute approximate surface area is 139 Å². The van der Waals surface area contributed by atoms with E-state index < -0.39 is 0 Å². The van der Waals surface area contributed by atoms with Crippen molar-refractivity contribution in [2.24, 2.45) is 5.73 Å². The lowest BCUT2D eigenvalue weighted by Crippen LogP contribution is -2.26. The number of nitrogens with zero attached hydrogens (tertiary/aromatic N) is 1. The highest BCUT2D eigenvalue weighted by molar-refractivity contribution is 7.12. The van der Waals surface area contributed by atoms with Crippen molar-refractivity contribution in [1.29, 1.82) is 0 Å². The molecule has 23 heavy (non-hydrogen) atoms. The van der Waals surface area contributed by atoms with Gasteiger partial charge in [0, 0.05) is 28.8 Å². The second-order valence-electron chi connectivity index (χ2n) is 5.46. The van der Waals surface area contributed by atoms with Crippen molar-refractivity contribution in [3.8, 4) is 0 Å². The molecule has 2 rings (SSSR count). The van der Waals surface area contributed by atoms with Crippen LogP contribution < -0.4 is 16.6 Å². The van der Waals surface area contributed by atoms with Crippen LogP contribution in [0.25, 0.3) is 0 Å². The van der Waals surface area contributed by atoms with Gasteiger partial charge in [0.25, 0.3) is 5.56 Å². The predicted molar refractivity (Wildman–Crippen MR) is 91.3 cm³/mol. The van der Waals surface area contributed by atoms with E-state index in [4.69, 9.17) is 5.73 Å². The monoisotopic (exact) mass is 334 g/mol. The number of hydrogen-bond acceptors (Lipinski definition) is 5. The first-order chi connectivity index (χ1) is 11.0. The van der Waals surface area contributed by atoms with Crippen LogP contribution in [0.1, 0.15) is 39.7 Å². The molecule has 0 saturated carbocycles. The van der Waals surface area contributed by atoms with E-state index in [1.165, 1.54) is 21.4 Å². The van der Waals surface area contributed by atoms with Crippen LogP contribution in [0, 0.1) is 13.8 Å². The van der Waals surface area contributed by atoms with Crippen LogP contribution in [0.2, 0.25) is 0 Å². The standard InChI is InChI=1S/C16H22N4O2S/c1-10-6-12(11(2)23-10)4-3-5-15(21)18-9-14-19-13(8-17)7-16(22)20-14/h6-7H,3-5,8-9,17H2,1-2H3,(H,18,21)(H,19,20,22). The molecular weight excluding hydrogens is 312 g/mol. The number of hydrogen-bond donors (Lipinski definition) is 3. The van der Waals surface area contributed by atoms with Crippen LogP contribution in [-0.2, 0) is 24.3 Å². The van der Waals surface area contributed by atoms with Crippen molar-refractivity contribution < 1.29 is 4.79 Å². The van der Waals surface area contributed by atoms with Gasteiger partial charge in [0.1, 0.15) is 5.82 Å². The maximum Gasteiger partial charge on any atom is 0.251 e. The highest BCUT2D eigenvalue weighted by Gasteiger charge is 2.07. The average Bonchev–Trinajstić information content (AvgIpc) is 2.82. The summed E-state index contributed by atoms with van der Waals surface area (Å²) in [7, 11) is 0. The SMILES string of the molecule is Cc1cc(CCCC(=O)NCc2nc(CN)cc(=O)[nH]2)c(C)s1. The van der Waals surface area contributed by atoms with Crippen molar-refractivity contribution in [2.45, 2.75) is 46.2 Å². The number of rotatable bonds is 7. The van der Waals surface area contributed by atoms with E-state index in [0.29, 0.717) is 17.9 Å². The van der Waals surface area contributed by atoms with Crippen LogP contribution >= 0.6 is 11.3 Å². The van der Waals surface area contributed by atoms with E-state index in [1.807, 2.05) is 0 Å². The summed E-state index contributed by atoms with van der Waals surface area (Å²) in [5, 5.41) is 2.77. The summed E-state index contributed by atoms with van der Waals surface area (Å²) in [4.78, 5) is 32.7. The molecule has 0 aliphatic carbocycles. The highest BCUT2D eigenvalue weighted by Crippen LogP contribution is 2.22. The summed E-state index contributed by atoms with van der Waals surface area (Å²) in [6.07, 6.45) is 2.16. The zero-order valence-corrected chi connectivity index (χ0v) is 14.3. The van der Waals surface area contributed by atoms with E-state index in [1.54, 1.807) is 11.3 Å². The lowest BCUT2D eigenvalue weighted by atomic mass is 10.1. The van der Waals surface area contributed by atoms with E-state index in [2.05, 4.69) is 35.2 Å². The van der Waals surface area contributed by atoms with Crippen LogP contribution in [0.4, 0.5) is 0 Å². The topological polar surface area (TPSA) is 101 Å². The van der Waals surface area contributed by atoms with Gasteiger partial charge in [-0.05, 0) is 38.3 Å². The van der Waals surface area contributed by atoms with E-state index >= 15 is 0 Å². The van der Waals surface area contributed by atoms with Gasteiger partial charge >= 0.3 is 0 Å². The van der Waals surface area contributed by atoms with Crippen LogP contribution in [-0.4, -0.2) is 15.9 Å². The minimum atomic E-state index is -0.256. The number of H-pyrrole nitrogens is 1. The molecule has 0 spiro atoms. The third kappa shape index (κ3) is 5.30. The fraction of sp³-hybridized carbons (Fsp3) is 0.438. The number of thiophene rings is 1. The number of nitrogens with one attached hydrogen (secondary N) is 2. The van der Waals surface area contributed by atoms with Crippen LogP contribution in [0.5, 0.6) is 0 Å². The highest BCUT2D eigenvalue weighted by atomic mass is 32.1. The van der Waals surface area contributed by atoms with Gasteiger partial charge in [0.05, 0.1) is 12.2 Å². The lowest BCUT2D eigenvalue weighted by molar-refractivity contribution is -0.121. The first-order valence-corrected chi connectivity index (χ1v) is 8.41. The molecule has 0 atom stereocenters. The molecule has 0 fully saturated rings.